The van der Waals surface area contributed by atoms with Gasteiger partial charge in [-0.05, 0) is 56.2 Å². The zero-order valence-corrected chi connectivity index (χ0v) is 11.1. The second-order valence-electron chi connectivity index (χ2n) is 5.18. The van der Waals surface area contributed by atoms with Crippen molar-refractivity contribution in [3.05, 3.63) is 34.9 Å². The summed E-state index contributed by atoms with van der Waals surface area (Å²) in [6, 6.07) is 6.12. The molecule has 0 radical (unpaired) electrons. The minimum atomic E-state index is -0.806. The van der Waals surface area contributed by atoms with Crippen LogP contribution in [0.2, 0.25) is 0 Å². The molecule has 0 saturated heterocycles. The summed E-state index contributed by atoms with van der Waals surface area (Å²) in [7, 11) is 0. The molecule has 0 heterocycles. The van der Waals surface area contributed by atoms with Crippen molar-refractivity contribution in [2.45, 2.75) is 51.6 Å². The van der Waals surface area contributed by atoms with Gasteiger partial charge in [0, 0.05) is 6.04 Å². The lowest BCUT2D eigenvalue weighted by Gasteiger charge is -2.21. The summed E-state index contributed by atoms with van der Waals surface area (Å²) >= 11 is 0. The van der Waals surface area contributed by atoms with Crippen molar-refractivity contribution in [3.8, 4) is 0 Å². The fourth-order valence-electron chi connectivity index (χ4n) is 2.57. The summed E-state index contributed by atoms with van der Waals surface area (Å²) in [5.41, 5.74) is 4.09. The maximum atomic E-state index is 10.8. The maximum Gasteiger partial charge on any atom is 0.320 e. The number of carboxylic acid groups (broad SMARTS) is 1. The highest BCUT2D eigenvalue weighted by molar-refractivity contribution is 5.72. The Kier molecular flexibility index (Phi) is 4.02. The number of rotatable bonds is 4. The van der Waals surface area contributed by atoms with Crippen LogP contribution in [0.3, 0.4) is 0 Å². The van der Waals surface area contributed by atoms with Crippen LogP contribution in [0, 0.1) is 0 Å². The van der Waals surface area contributed by atoms with Crippen molar-refractivity contribution in [2.24, 2.45) is 0 Å². The average Bonchev–Trinajstić information content (AvgIpc) is 2.37. The minimum absolute atomic E-state index is 0.0725. The molecule has 0 fully saturated rings. The van der Waals surface area contributed by atoms with Crippen LogP contribution in [-0.4, -0.2) is 17.1 Å². The Hall–Kier alpha value is -1.35. The Labute approximate surface area is 108 Å². The number of carbonyl (C=O) groups is 1. The summed E-state index contributed by atoms with van der Waals surface area (Å²) in [5.74, 6) is -0.806. The first-order chi connectivity index (χ1) is 8.58. The van der Waals surface area contributed by atoms with Gasteiger partial charge in [0.05, 0.1) is 0 Å². The number of fused-ring (bicyclic) bond motifs is 1. The van der Waals surface area contributed by atoms with E-state index in [-0.39, 0.29) is 6.04 Å². The van der Waals surface area contributed by atoms with Crippen molar-refractivity contribution in [2.75, 3.05) is 0 Å². The Morgan fingerprint density at radius 3 is 2.56 bits per heavy atom. The molecule has 2 unspecified atom stereocenters. The fourth-order valence-corrected chi connectivity index (χ4v) is 2.57. The SMILES string of the molecule is CC(NC(C)c1ccc2c(c1)CCCC2)C(=O)O. The molecular weight excluding hydrogens is 226 g/mol. The lowest BCUT2D eigenvalue weighted by atomic mass is 9.89. The van der Waals surface area contributed by atoms with E-state index in [0.29, 0.717) is 0 Å². The highest BCUT2D eigenvalue weighted by Gasteiger charge is 2.16. The molecule has 1 aromatic carbocycles. The maximum absolute atomic E-state index is 10.8. The number of nitrogens with one attached hydrogen (secondary N) is 1. The van der Waals surface area contributed by atoms with Crippen LogP contribution >= 0.6 is 0 Å². The molecule has 2 atom stereocenters. The summed E-state index contributed by atoms with van der Waals surface area (Å²) in [5, 5.41) is 12.0. The number of aliphatic carboxylic acids is 1. The number of benzene rings is 1. The lowest BCUT2D eigenvalue weighted by Crippen LogP contribution is -2.35. The number of carboxylic acids is 1. The predicted molar refractivity (Wildman–Crippen MR) is 71.7 cm³/mol. The zero-order chi connectivity index (χ0) is 13.1. The smallest absolute Gasteiger partial charge is 0.320 e. The van der Waals surface area contributed by atoms with Crippen LogP contribution in [0.4, 0.5) is 0 Å². The monoisotopic (exact) mass is 247 g/mol. The quantitative estimate of drug-likeness (QED) is 0.860. The van der Waals surface area contributed by atoms with Gasteiger partial charge in [-0.15, -0.1) is 0 Å². The van der Waals surface area contributed by atoms with Crippen LogP contribution in [0.15, 0.2) is 18.2 Å². The highest BCUT2D eigenvalue weighted by atomic mass is 16.4. The third-order valence-corrected chi connectivity index (χ3v) is 3.74. The molecule has 1 aromatic rings. The zero-order valence-electron chi connectivity index (χ0n) is 11.1. The Morgan fingerprint density at radius 1 is 1.22 bits per heavy atom. The Balaban J connectivity index is 2.11. The van der Waals surface area contributed by atoms with Crippen LogP contribution < -0.4 is 5.32 Å². The van der Waals surface area contributed by atoms with Gasteiger partial charge in [0.2, 0.25) is 0 Å². The van der Waals surface area contributed by atoms with Crippen LogP contribution in [0.1, 0.15) is 49.4 Å². The number of hydrogen-bond donors (Lipinski definition) is 2. The predicted octanol–water partition coefficient (Wildman–Crippen LogP) is 2.69. The summed E-state index contributed by atoms with van der Waals surface area (Å²) in [4.78, 5) is 10.8. The van der Waals surface area contributed by atoms with Crippen LogP contribution in [0.25, 0.3) is 0 Å². The lowest BCUT2D eigenvalue weighted by molar-refractivity contribution is -0.139. The van der Waals surface area contributed by atoms with E-state index in [4.69, 9.17) is 5.11 Å². The molecule has 98 valence electrons. The van der Waals surface area contributed by atoms with E-state index < -0.39 is 12.0 Å². The molecule has 0 aliphatic heterocycles. The first kappa shape index (κ1) is 13.1. The molecule has 0 saturated carbocycles. The third-order valence-electron chi connectivity index (χ3n) is 3.74. The van der Waals surface area contributed by atoms with Gasteiger partial charge < -0.3 is 5.11 Å². The highest BCUT2D eigenvalue weighted by Crippen LogP contribution is 2.24. The molecule has 1 aliphatic carbocycles. The van der Waals surface area contributed by atoms with Gasteiger partial charge in [-0.3, -0.25) is 10.1 Å². The standard InChI is InChI=1S/C15H21NO2/c1-10(16-11(2)15(17)18)13-8-7-12-5-3-4-6-14(12)9-13/h7-11,16H,3-6H2,1-2H3,(H,17,18). The Morgan fingerprint density at radius 2 is 1.89 bits per heavy atom. The van der Waals surface area contributed by atoms with E-state index in [1.807, 2.05) is 6.92 Å². The van der Waals surface area contributed by atoms with Gasteiger partial charge in [-0.25, -0.2) is 0 Å². The van der Waals surface area contributed by atoms with Gasteiger partial charge in [-0.1, -0.05) is 18.2 Å². The van der Waals surface area contributed by atoms with Crippen molar-refractivity contribution in [1.82, 2.24) is 5.32 Å². The molecule has 0 bridgehead atoms. The molecule has 3 heteroatoms. The summed E-state index contributed by atoms with van der Waals surface area (Å²) in [6.45, 7) is 3.70. The molecule has 0 amide bonds. The van der Waals surface area contributed by atoms with E-state index in [9.17, 15) is 4.79 Å². The van der Waals surface area contributed by atoms with Gasteiger partial charge in [0.1, 0.15) is 6.04 Å². The molecular formula is C15H21NO2. The molecule has 2 rings (SSSR count). The normalized spacial score (nSPS) is 17.9. The van der Waals surface area contributed by atoms with Gasteiger partial charge in [0.15, 0.2) is 0 Å². The van der Waals surface area contributed by atoms with E-state index >= 15 is 0 Å². The average molecular weight is 247 g/mol. The van der Waals surface area contributed by atoms with E-state index in [0.717, 1.165) is 6.42 Å². The summed E-state index contributed by atoms with van der Waals surface area (Å²) in [6.07, 6.45) is 4.90. The van der Waals surface area contributed by atoms with Crippen molar-refractivity contribution < 1.29 is 9.90 Å². The van der Waals surface area contributed by atoms with Crippen molar-refractivity contribution in [1.29, 1.82) is 0 Å². The number of aryl methyl sites for hydroxylation is 2. The minimum Gasteiger partial charge on any atom is -0.480 e. The molecule has 1 aliphatic rings. The van der Waals surface area contributed by atoms with E-state index in [1.54, 1.807) is 6.92 Å². The van der Waals surface area contributed by atoms with Gasteiger partial charge in [-0.2, -0.15) is 0 Å². The van der Waals surface area contributed by atoms with E-state index in [1.165, 1.54) is 36.0 Å². The number of hydrogen-bond acceptors (Lipinski definition) is 2. The molecule has 18 heavy (non-hydrogen) atoms. The first-order valence-electron chi connectivity index (χ1n) is 6.68. The van der Waals surface area contributed by atoms with E-state index in [2.05, 4.69) is 23.5 Å². The fraction of sp³-hybridized carbons (Fsp3) is 0.533. The van der Waals surface area contributed by atoms with Crippen LogP contribution in [-0.2, 0) is 17.6 Å². The van der Waals surface area contributed by atoms with Gasteiger partial charge in [0.25, 0.3) is 0 Å². The Bertz CT molecular complexity index is 442. The molecule has 3 nitrogen and oxygen atoms in total. The van der Waals surface area contributed by atoms with Crippen LogP contribution in [0.5, 0.6) is 0 Å². The molecule has 0 aromatic heterocycles. The van der Waals surface area contributed by atoms with Crippen molar-refractivity contribution >= 4 is 5.97 Å². The molecule has 2 N–H and O–H groups in total. The topological polar surface area (TPSA) is 49.3 Å². The second-order valence-corrected chi connectivity index (χ2v) is 5.18. The third kappa shape index (κ3) is 2.91. The first-order valence-corrected chi connectivity index (χ1v) is 6.68. The largest absolute Gasteiger partial charge is 0.480 e. The molecule has 0 spiro atoms. The summed E-state index contributed by atoms with van der Waals surface area (Å²) < 4.78 is 0. The van der Waals surface area contributed by atoms with Crippen molar-refractivity contribution in [3.63, 3.8) is 0 Å². The van der Waals surface area contributed by atoms with Gasteiger partial charge >= 0.3 is 5.97 Å². The second kappa shape index (κ2) is 5.53.